The SMILES string of the molecule is COc1cc(N2C(=O)N(CC3C=CC=CC3(F)Cl)c3ccccc3S2(=O)=O)cc(OC)c1OC. The van der Waals surface area contributed by atoms with Gasteiger partial charge in [0.25, 0.3) is 10.0 Å². The summed E-state index contributed by atoms with van der Waals surface area (Å²) in [5.74, 6) is -0.363. The summed E-state index contributed by atoms with van der Waals surface area (Å²) in [5.41, 5.74) is 0.0991. The van der Waals surface area contributed by atoms with Crippen molar-refractivity contribution in [2.75, 3.05) is 37.1 Å². The topological polar surface area (TPSA) is 85.4 Å². The molecule has 2 atom stereocenters. The molecule has 2 amide bonds. The molecule has 34 heavy (non-hydrogen) atoms. The van der Waals surface area contributed by atoms with Crippen molar-refractivity contribution in [1.82, 2.24) is 0 Å². The van der Waals surface area contributed by atoms with Crippen molar-refractivity contribution in [3.05, 3.63) is 60.7 Å². The Morgan fingerprint density at radius 3 is 2.29 bits per heavy atom. The molecule has 1 aliphatic carbocycles. The Hall–Kier alpha value is -3.24. The number of nitrogens with zero attached hydrogens (tertiary/aromatic N) is 2. The van der Waals surface area contributed by atoms with Crippen LogP contribution in [-0.2, 0) is 10.0 Å². The number of para-hydroxylation sites is 1. The van der Waals surface area contributed by atoms with Crippen LogP contribution in [0.2, 0.25) is 0 Å². The third kappa shape index (κ3) is 3.86. The van der Waals surface area contributed by atoms with E-state index in [1.807, 2.05) is 0 Å². The molecule has 0 N–H and O–H groups in total. The minimum absolute atomic E-state index is 0.0320. The van der Waals surface area contributed by atoms with Crippen LogP contribution < -0.4 is 23.4 Å². The number of halogens is 2. The molecule has 2 aliphatic rings. The molecule has 2 unspecified atom stereocenters. The zero-order chi connectivity index (χ0) is 24.7. The highest BCUT2D eigenvalue weighted by Gasteiger charge is 2.45. The molecule has 2 aromatic rings. The summed E-state index contributed by atoms with van der Waals surface area (Å²) in [7, 11) is -0.172. The first-order valence-electron chi connectivity index (χ1n) is 10.2. The van der Waals surface area contributed by atoms with Gasteiger partial charge < -0.3 is 14.2 Å². The first-order valence-corrected chi connectivity index (χ1v) is 12.0. The Labute approximate surface area is 201 Å². The summed E-state index contributed by atoms with van der Waals surface area (Å²) in [6.45, 7) is -0.201. The number of carbonyl (C=O) groups is 1. The Bertz CT molecular complexity index is 1270. The number of fused-ring (bicyclic) bond motifs is 1. The molecule has 4 rings (SSSR count). The average molecular weight is 509 g/mol. The molecule has 0 saturated heterocycles. The lowest BCUT2D eigenvalue weighted by atomic mass is 9.97. The van der Waals surface area contributed by atoms with Gasteiger partial charge in [-0.3, -0.25) is 4.90 Å². The van der Waals surface area contributed by atoms with Crippen molar-refractivity contribution >= 4 is 39.0 Å². The van der Waals surface area contributed by atoms with Crippen molar-refractivity contribution < 1.29 is 31.8 Å². The lowest BCUT2D eigenvalue weighted by Gasteiger charge is -2.39. The molecule has 2 aromatic carbocycles. The molecular formula is C23H22ClFN2O6S. The number of hydrogen-bond donors (Lipinski definition) is 0. The first-order chi connectivity index (χ1) is 16.2. The van der Waals surface area contributed by atoms with Crippen molar-refractivity contribution in [2.24, 2.45) is 5.92 Å². The average Bonchev–Trinajstić information content (AvgIpc) is 2.81. The number of urea groups is 1. The summed E-state index contributed by atoms with van der Waals surface area (Å²) in [6.07, 6.45) is 5.82. The van der Waals surface area contributed by atoms with E-state index in [1.54, 1.807) is 18.2 Å². The number of benzene rings is 2. The highest BCUT2D eigenvalue weighted by Crippen LogP contribution is 2.45. The van der Waals surface area contributed by atoms with Gasteiger partial charge in [0, 0.05) is 24.6 Å². The molecule has 0 bridgehead atoms. The molecule has 1 heterocycles. The van der Waals surface area contributed by atoms with E-state index in [1.165, 1.54) is 68.7 Å². The number of ether oxygens (including phenoxy) is 3. The van der Waals surface area contributed by atoms with Crippen LogP contribution in [0.5, 0.6) is 17.2 Å². The Morgan fingerprint density at radius 2 is 1.71 bits per heavy atom. The highest BCUT2D eigenvalue weighted by molar-refractivity contribution is 7.94. The molecule has 0 saturated carbocycles. The number of hydrogen-bond acceptors (Lipinski definition) is 6. The van der Waals surface area contributed by atoms with Gasteiger partial charge in [-0.05, 0) is 18.2 Å². The van der Waals surface area contributed by atoms with Crippen molar-refractivity contribution in [2.45, 2.75) is 10.0 Å². The number of amides is 2. The molecule has 0 aromatic heterocycles. The number of sulfonamides is 1. The van der Waals surface area contributed by atoms with E-state index in [-0.39, 0.29) is 40.1 Å². The van der Waals surface area contributed by atoms with Gasteiger partial charge in [0.1, 0.15) is 4.90 Å². The van der Waals surface area contributed by atoms with E-state index in [2.05, 4.69) is 0 Å². The van der Waals surface area contributed by atoms with E-state index >= 15 is 0 Å². The maximum absolute atomic E-state index is 15.0. The van der Waals surface area contributed by atoms with Crippen molar-refractivity contribution in [3.8, 4) is 17.2 Å². The maximum atomic E-state index is 15.0. The standard InChI is InChI=1S/C23H22ClFN2O6S/c1-31-18-12-16(13-19(32-2)21(18)33-3)27-22(28)26(14-15-8-6-7-11-23(15,24)25)17-9-4-5-10-20(17)34(27,29)30/h4-13,15H,14H2,1-3H3. The number of rotatable bonds is 6. The maximum Gasteiger partial charge on any atom is 0.343 e. The minimum atomic E-state index is -4.33. The number of carbonyl (C=O) groups excluding carboxylic acids is 1. The van der Waals surface area contributed by atoms with E-state index in [4.69, 9.17) is 25.8 Å². The minimum Gasteiger partial charge on any atom is -0.493 e. The van der Waals surface area contributed by atoms with E-state index in [9.17, 15) is 17.6 Å². The van der Waals surface area contributed by atoms with Crippen molar-refractivity contribution in [3.63, 3.8) is 0 Å². The van der Waals surface area contributed by atoms with Gasteiger partial charge in [-0.15, -0.1) is 0 Å². The summed E-state index contributed by atoms with van der Waals surface area (Å²) in [4.78, 5) is 14.8. The molecule has 0 fully saturated rings. The van der Waals surface area contributed by atoms with Gasteiger partial charge in [0.2, 0.25) is 10.9 Å². The van der Waals surface area contributed by atoms with Crippen LogP contribution in [-0.4, -0.2) is 47.5 Å². The van der Waals surface area contributed by atoms with E-state index in [0.29, 0.717) is 4.31 Å². The second-order valence-corrected chi connectivity index (χ2v) is 9.87. The summed E-state index contributed by atoms with van der Waals surface area (Å²) >= 11 is 6.03. The predicted octanol–water partition coefficient (Wildman–Crippen LogP) is 4.49. The van der Waals surface area contributed by atoms with E-state index in [0.717, 1.165) is 0 Å². The van der Waals surface area contributed by atoms with Crippen LogP contribution in [0.1, 0.15) is 0 Å². The second-order valence-electron chi connectivity index (χ2n) is 7.54. The highest BCUT2D eigenvalue weighted by atomic mass is 35.5. The van der Waals surface area contributed by atoms with Gasteiger partial charge in [-0.2, -0.15) is 4.31 Å². The zero-order valence-electron chi connectivity index (χ0n) is 18.6. The fourth-order valence-corrected chi connectivity index (χ4v) is 5.73. The van der Waals surface area contributed by atoms with Crippen LogP contribution in [0, 0.1) is 5.92 Å². The molecule has 0 spiro atoms. The smallest absolute Gasteiger partial charge is 0.343 e. The first kappa shape index (κ1) is 23.9. The molecule has 0 radical (unpaired) electrons. The Morgan fingerprint density at radius 1 is 1.06 bits per heavy atom. The molecule has 11 heteroatoms. The number of allylic oxidation sites excluding steroid dienone is 3. The molecule has 1 aliphatic heterocycles. The third-order valence-corrected chi connectivity index (χ3v) is 7.76. The Kier molecular flexibility index (Phi) is 6.22. The quantitative estimate of drug-likeness (QED) is 0.534. The monoisotopic (exact) mass is 508 g/mol. The number of anilines is 2. The lowest BCUT2D eigenvalue weighted by Crippen LogP contribution is -2.53. The molecule has 8 nitrogen and oxygen atoms in total. The molecular weight excluding hydrogens is 487 g/mol. The van der Waals surface area contributed by atoms with Gasteiger partial charge in [0.05, 0.1) is 32.7 Å². The second kappa shape index (κ2) is 8.84. The Balaban J connectivity index is 1.88. The zero-order valence-corrected chi connectivity index (χ0v) is 20.1. The number of methoxy groups -OCH3 is 3. The van der Waals surface area contributed by atoms with Crippen LogP contribution in [0.25, 0.3) is 0 Å². The largest absolute Gasteiger partial charge is 0.493 e. The van der Waals surface area contributed by atoms with Gasteiger partial charge in [-0.25, -0.2) is 17.6 Å². The van der Waals surface area contributed by atoms with Crippen LogP contribution in [0.3, 0.4) is 0 Å². The van der Waals surface area contributed by atoms with Gasteiger partial charge in [0.15, 0.2) is 11.5 Å². The predicted molar refractivity (Wildman–Crippen MR) is 126 cm³/mol. The fraction of sp³-hybridized carbons (Fsp3) is 0.261. The van der Waals surface area contributed by atoms with Gasteiger partial charge in [-0.1, -0.05) is 42.0 Å². The normalized spacial score (nSPS) is 23.0. The number of alkyl halides is 2. The van der Waals surface area contributed by atoms with Crippen LogP contribution in [0.4, 0.5) is 20.6 Å². The summed E-state index contributed by atoms with van der Waals surface area (Å²) in [6, 6.07) is 7.83. The van der Waals surface area contributed by atoms with Crippen LogP contribution in [0.15, 0.2) is 65.6 Å². The molecule has 180 valence electrons. The lowest BCUT2D eigenvalue weighted by molar-refractivity contribution is 0.245. The van der Waals surface area contributed by atoms with E-state index < -0.39 is 27.1 Å². The summed E-state index contributed by atoms with van der Waals surface area (Å²) in [5, 5.41) is -2.24. The van der Waals surface area contributed by atoms with Gasteiger partial charge >= 0.3 is 6.03 Å². The van der Waals surface area contributed by atoms with Crippen molar-refractivity contribution in [1.29, 1.82) is 0 Å². The third-order valence-electron chi connectivity index (χ3n) is 5.61. The van der Waals surface area contributed by atoms with Crippen LogP contribution >= 0.6 is 11.6 Å². The fourth-order valence-electron chi connectivity index (χ4n) is 3.94. The summed E-state index contributed by atoms with van der Waals surface area (Å²) < 4.78 is 58.7.